The van der Waals surface area contributed by atoms with Crippen LogP contribution in [-0.2, 0) is 0 Å². The van der Waals surface area contributed by atoms with Crippen LogP contribution in [-0.4, -0.2) is 48.6 Å². The number of nitrogens with zero attached hydrogens (tertiary/aromatic N) is 1. The van der Waals surface area contributed by atoms with Crippen LogP contribution >= 0.6 is 11.8 Å². The van der Waals surface area contributed by atoms with Gasteiger partial charge in [0.1, 0.15) is 0 Å². The molecule has 2 fully saturated rings. The van der Waals surface area contributed by atoms with E-state index in [0.29, 0.717) is 0 Å². The fourth-order valence-corrected chi connectivity index (χ4v) is 4.12. The molecule has 3 heteroatoms. The van der Waals surface area contributed by atoms with E-state index in [2.05, 4.69) is 22.0 Å². The molecule has 0 aromatic rings. The highest BCUT2D eigenvalue weighted by atomic mass is 32.2. The van der Waals surface area contributed by atoms with Crippen molar-refractivity contribution in [2.45, 2.75) is 50.2 Å². The van der Waals surface area contributed by atoms with Gasteiger partial charge in [-0.2, -0.15) is 11.8 Å². The number of rotatable bonds is 6. The molecule has 0 radical (unpaired) electrons. The van der Waals surface area contributed by atoms with Crippen LogP contribution in [0.4, 0.5) is 0 Å². The molecule has 2 aliphatic rings. The molecule has 2 heterocycles. The average Bonchev–Trinajstić information content (AvgIpc) is 2.41. The second-order valence-corrected chi connectivity index (χ2v) is 6.86. The summed E-state index contributed by atoms with van der Waals surface area (Å²) in [5.74, 6) is 1.39. The van der Waals surface area contributed by atoms with Crippen LogP contribution in [0.1, 0.15) is 44.9 Å². The fraction of sp³-hybridized carbons (Fsp3) is 1.00. The van der Waals surface area contributed by atoms with Crippen molar-refractivity contribution in [2.24, 2.45) is 0 Å². The first kappa shape index (κ1) is 13.7. The largest absolute Gasteiger partial charge is 0.316 e. The van der Waals surface area contributed by atoms with Crippen LogP contribution in [0.3, 0.4) is 0 Å². The smallest absolute Gasteiger partial charge is 0.0172 e. The van der Waals surface area contributed by atoms with Crippen molar-refractivity contribution in [1.82, 2.24) is 10.2 Å². The summed E-state index contributed by atoms with van der Waals surface area (Å²) in [7, 11) is 0. The van der Waals surface area contributed by atoms with Crippen LogP contribution in [0, 0.1) is 0 Å². The number of piperidine rings is 1. The Hall–Kier alpha value is 0.270. The van der Waals surface area contributed by atoms with Crippen molar-refractivity contribution in [3.8, 4) is 0 Å². The molecule has 1 unspecified atom stereocenters. The lowest BCUT2D eigenvalue weighted by molar-refractivity contribution is 0.226. The molecular weight excluding hydrogens is 228 g/mol. The summed E-state index contributed by atoms with van der Waals surface area (Å²) in [5.41, 5.74) is 0. The number of hydrogen-bond donors (Lipinski definition) is 1. The molecule has 2 rings (SSSR count). The Morgan fingerprint density at radius 1 is 1.06 bits per heavy atom. The van der Waals surface area contributed by atoms with E-state index >= 15 is 0 Å². The molecule has 0 spiro atoms. The van der Waals surface area contributed by atoms with Gasteiger partial charge >= 0.3 is 0 Å². The minimum absolute atomic E-state index is 0.902. The van der Waals surface area contributed by atoms with Gasteiger partial charge in [0.2, 0.25) is 0 Å². The Bertz CT molecular complexity index is 167. The van der Waals surface area contributed by atoms with Crippen LogP contribution in [0.5, 0.6) is 0 Å². The highest BCUT2D eigenvalue weighted by Crippen LogP contribution is 2.24. The zero-order valence-corrected chi connectivity index (χ0v) is 11.9. The van der Waals surface area contributed by atoms with Crippen molar-refractivity contribution in [2.75, 3.05) is 38.5 Å². The number of hydrogen-bond acceptors (Lipinski definition) is 3. The first-order valence-electron chi connectivity index (χ1n) is 7.50. The van der Waals surface area contributed by atoms with Gasteiger partial charge in [-0.05, 0) is 64.0 Å². The lowest BCUT2D eigenvalue weighted by atomic mass is 10.1. The molecule has 0 aromatic heterocycles. The van der Waals surface area contributed by atoms with Crippen molar-refractivity contribution < 1.29 is 0 Å². The highest BCUT2D eigenvalue weighted by Gasteiger charge is 2.13. The summed E-state index contributed by atoms with van der Waals surface area (Å²) in [6.45, 7) is 6.46. The topological polar surface area (TPSA) is 15.3 Å². The third-order valence-electron chi connectivity index (χ3n) is 3.92. The number of likely N-dealkylation sites (tertiary alicyclic amines) is 1. The van der Waals surface area contributed by atoms with E-state index < -0.39 is 0 Å². The molecule has 0 amide bonds. The van der Waals surface area contributed by atoms with Crippen LogP contribution in [0.15, 0.2) is 0 Å². The monoisotopic (exact) mass is 256 g/mol. The summed E-state index contributed by atoms with van der Waals surface area (Å²) >= 11 is 2.18. The quantitative estimate of drug-likeness (QED) is 0.736. The number of nitrogens with one attached hydrogen (secondary N) is 1. The zero-order valence-electron chi connectivity index (χ0n) is 11.1. The SMILES string of the molecule is C1CCN(CCCNCC2CCCCS2)CC1. The minimum atomic E-state index is 0.902. The van der Waals surface area contributed by atoms with Gasteiger partial charge < -0.3 is 10.2 Å². The third kappa shape index (κ3) is 5.62. The molecule has 1 atom stereocenters. The molecule has 0 saturated carbocycles. The van der Waals surface area contributed by atoms with Crippen molar-refractivity contribution in [3.05, 3.63) is 0 Å². The molecule has 2 saturated heterocycles. The van der Waals surface area contributed by atoms with Gasteiger partial charge in [0.05, 0.1) is 0 Å². The predicted molar refractivity (Wildman–Crippen MR) is 77.9 cm³/mol. The summed E-state index contributed by atoms with van der Waals surface area (Å²) < 4.78 is 0. The summed E-state index contributed by atoms with van der Waals surface area (Å²) in [6, 6.07) is 0. The normalized spacial score (nSPS) is 27.2. The fourth-order valence-electron chi connectivity index (χ4n) is 2.84. The highest BCUT2D eigenvalue weighted by molar-refractivity contribution is 7.99. The lowest BCUT2D eigenvalue weighted by Gasteiger charge is -2.26. The van der Waals surface area contributed by atoms with Gasteiger partial charge in [-0.25, -0.2) is 0 Å². The van der Waals surface area contributed by atoms with Crippen LogP contribution < -0.4 is 5.32 Å². The lowest BCUT2D eigenvalue weighted by Crippen LogP contribution is -2.33. The Kier molecular flexibility index (Phi) is 6.76. The second-order valence-electron chi connectivity index (χ2n) is 5.45. The van der Waals surface area contributed by atoms with E-state index in [4.69, 9.17) is 0 Å². The van der Waals surface area contributed by atoms with Gasteiger partial charge in [0.15, 0.2) is 0 Å². The molecule has 1 N–H and O–H groups in total. The third-order valence-corrected chi connectivity index (χ3v) is 5.32. The average molecular weight is 256 g/mol. The van der Waals surface area contributed by atoms with E-state index in [1.165, 1.54) is 83.4 Å². The second kappa shape index (κ2) is 8.39. The van der Waals surface area contributed by atoms with Gasteiger partial charge in [-0.1, -0.05) is 12.8 Å². The summed E-state index contributed by atoms with van der Waals surface area (Å²) in [4.78, 5) is 2.64. The summed E-state index contributed by atoms with van der Waals surface area (Å²) in [5, 5.41) is 4.55. The summed E-state index contributed by atoms with van der Waals surface area (Å²) in [6.07, 6.45) is 9.95. The maximum Gasteiger partial charge on any atom is 0.0172 e. The molecule has 0 aliphatic carbocycles. The maximum atomic E-state index is 3.65. The standard InChI is InChI=1S/C14H28N2S/c1-3-9-16(10-4-1)11-6-8-15-13-14-7-2-5-12-17-14/h14-15H,1-13H2. The van der Waals surface area contributed by atoms with Crippen molar-refractivity contribution >= 4 is 11.8 Å². The van der Waals surface area contributed by atoms with Gasteiger partial charge in [-0.15, -0.1) is 0 Å². The number of thioether (sulfide) groups is 1. The zero-order chi connectivity index (χ0) is 11.8. The van der Waals surface area contributed by atoms with E-state index in [1.54, 1.807) is 0 Å². The Labute approximate surface area is 111 Å². The molecule has 0 aromatic carbocycles. The van der Waals surface area contributed by atoms with Crippen LogP contribution in [0.2, 0.25) is 0 Å². The van der Waals surface area contributed by atoms with E-state index in [-0.39, 0.29) is 0 Å². The first-order chi connectivity index (χ1) is 8.45. The van der Waals surface area contributed by atoms with Gasteiger partial charge in [0, 0.05) is 11.8 Å². The van der Waals surface area contributed by atoms with Crippen molar-refractivity contribution in [3.63, 3.8) is 0 Å². The van der Waals surface area contributed by atoms with Crippen molar-refractivity contribution in [1.29, 1.82) is 0 Å². The van der Waals surface area contributed by atoms with E-state index in [0.717, 1.165) is 5.25 Å². The van der Waals surface area contributed by atoms with E-state index in [9.17, 15) is 0 Å². The first-order valence-corrected chi connectivity index (χ1v) is 8.55. The molecule has 0 bridgehead atoms. The molecule has 17 heavy (non-hydrogen) atoms. The predicted octanol–water partition coefficient (Wildman–Crippen LogP) is 2.74. The molecule has 2 nitrogen and oxygen atoms in total. The van der Waals surface area contributed by atoms with E-state index in [1.807, 2.05) is 0 Å². The Balaban J connectivity index is 1.42. The minimum Gasteiger partial charge on any atom is -0.316 e. The maximum absolute atomic E-state index is 3.65. The Morgan fingerprint density at radius 3 is 2.71 bits per heavy atom. The molecular formula is C14H28N2S. The molecule has 2 aliphatic heterocycles. The molecule has 100 valence electrons. The van der Waals surface area contributed by atoms with Gasteiger partial charge in [-0.3, -0.25) is 0 Å². The Morgan fingerprint density at radius 2 is 1.94 bits per heavy atom. The van der Waals surface area contributed by atoms with Gasteiger partial charge in [0.25, 0.3) is 0 Å². The van der Waals surface area contributed by atoms with Crippen LogP contribution in [0.25, 0.3) is 0 Å².